The summed E-state index contributed by atoms with van der Waals surface area (Å²) in [6, 6.07) is 86.3. The summed E-state index contributed by atoms with van der Waals surface area (Å²) >= 11 is 0. The summed E-state index contributed by atoms with van der Waals surface area (Å²) in [6.45, 7) is 0. The molecule has 63 heavy (non-hydrogen) atoms. The highest BCUT2D eigenvalue weighted by Gasteiger charge is 2.22. The molecule has 1 heteroatoms. The molecule has 1 unspecified atom stereocenters. The summed E-state index contributed by atoms with van der Waals surface area (Å²) in [4.78, 5) is 0. The van der Waals surface area contributed by atoms with Gasteiger partial charge in [0.15, 0.2) is 0 Å². The van der Waals surface area contributed by atoms with E-state index in [0.717, 1.165) is 39.5 Å². The van der Waals surface area contributed by atoms with E-state index in [4.69, 9.17) is 4.42 Å². The molecule has 1 heterocycles. The van der Waals surface area contributed by atoms with Crippen molar-refractivity contribution in [2.45, 2.75) is 12.3 Å². The fourth-order valence-corrected chi connectivity index (χ4v) is 9.90. The standard InChI is InChI=1S/C62H42O/c1-2-10-41(11-3-1)42-24-34-49(35-25-42)61(50-36-26-45(27-37-50)43-20-30-47(31-21-43)53-15-8-17-56-54-13-5-4-12-52(54)40-59(53)56)51-38-28-46(29-39-51)44-22-32-48(33-23-44)55-16-9-18-58-57-14-6-7-19-60(57)63-62(55)58/h1-39,61H,40H2. The van der Waals surface area contributed by atoms with Gasteiger partial charge < -0.3 is 4.42 Å². The lowest BCUT2D eigenvalue weighted by Gasteiger charge is -2.20. The van der Waals surface area contributed by atoms with Crippen LogP contribution < -0.4 is 0 Å². The fraction of sp³-hybridized carbons (Fsp3) is 0.0323. The molecule has 1 aliphatic carbocycles. The van der Waals surface area contributed by atoms with Gasteiger partial charge in [-0.2, -0.15) is 0 Å². The summed E-state index contributed by atoms with van der Waals surface area (Å²) in [6.07, 6.45) is 0.986. The summed E-state index contributed by atoms with van der Waals surface area (Å²) in [5, 5.41) is 2.30. The van der Waals surface area contributed by atoms with E-state index in [1.54, 1.807) is 0 Å². The quantitative estimate of drug-likeness (QED) is 0.140. The number of fused-ring (bicyclic) bond motifs is 6. The monoisotopic (exact) mass is 802 g/mol. The number of para-hydroxylation sites is 2. The van der Waals surface area contributed by atoms with Crippen LogP contribution in [-0.4, -0.2) is 0 Å². The average molecular weight is 803 g/mol. The average Bonchev–Trinajstić information content (AvgIpc) is 3.94. The lowest BCUT2D eigenvalue weighted by molar-refractivity contribution is 0.670. The van der Waals surface area contributed by atoms with Crippen LogP contribution in [0, 0.1) is 0 Å². The number of hydrogen-bond donors (Lipinski definition) is 0. The Kier molecular flexibility index (Phi) is 9.04. The molecular formula is C62H42O. The van der Waals surface area contributed by atoms with Gasteiger partial charge in [-0.05, 0) is 102 Å². The van der Waals surface area contributed by atoms with Crippen LogP contribution in [0.4, 0.5) is 0 Å². The number of hydrogen-bond acceptors (Lipinski definition) is 1. The van der Waals surface area contributed by atoms with E-state index in [9.17, 15) is 0 Å². The number of benzene rings is 10. The smallest absolute Gasteiger partial charge is 0.143 e. The molecule has 11 aromatic rings. The summed E-state index contributed by atoms with van der Waals surface area (Å²) in [7, 11) is 0. The first-order valence-corrected chi connectivity index (χ1v) is 21.9. The van der Waals surface area contributed by atoms with Crippen LogP contribution in [0.25, 0.3) is 88.7 Å². The summed E-state index contributed by atoms with van der Waals surface area (Å²) in [5.74, 6) is 0.0660. The third-order valence-electron chi connectivity index (χ3n) is 13.2. The minimum Gasteiger partial charge on any atom is -0.455 e. The summed E-state index contributed by atoms with van der Waals surface area (Å²) in [5.41, 5.74) is 23.3. The molecule has 10 aromatic carbocycles. The minimum absolute atomic E-state index is 0.0660. The van der Waals surface area contributed by atoms with Gasteiger partial charge >= 0.3 is 0 Å². The van der Waals surface area contributed by atoms with Gasteiger partial charge in [-0.3, -0.25) is 0 Å². The highest BCUT2D eigenvalue weighted by molar-refractivity contribution is 6.09. The van der Waals surface area contributed by atoms with Crippen molar-refractivity contribution in [3.8, 4) is 66.8 Å². The molecule has 0 saturated heterocycles. The normalized spacial score (nSPS) is 12.3. The van der Waals surface area contributed by atoms with Gasteiger partial charge in [-0.15, -0.1) is 0 Å². The van der Waals surface area contributed by atoms with Crippen molar-refractivity contribution >= 4 is 21.9 Å². The van der Waals surface area contributed by atoms with Crippen LogP contribution >= 0.6 is 0 Å². The largest absolute Gasteiger partial charge is 0.455 e. The van der Waals surface area contributed by atoms with Gasteiger partial charge in [0.2, 0.25) is 0 Å². The second kappa shape index (κ2) is 15.5. The van der Waals surface area contributed by atoms with Crippen molar-refractivity contribution < 1.29 is 4.42 Å². The molecule has 0 bridgehead atoms. The first kappa shape index (κ1) is 36.8. The maximum atomic E-state index is 6.36. The van der Waals surface area contributed by atoms with Crippen molar-refractivity contribution in [1.82, 2.24) is 0 Å². The molecule has 0 radical (unpaired) electrons. The molecule has 0 amide bonds. The topological polar surface area (TPSA) is 13.1 Å². The zero-order valence-electron chi connectivity index (χ0n) is 34.7. The Bertz CT molecular complexity index is 3410. The number of furan rings is 1. The molecule has 1 aliphatic rings. The SMILES string of the molecule is c1ccc(-c2ccc(C(c3ccc(-c4ccc(-c5cccc6c5Cc5ccccc5-6)cc4)cc3)c3ccc(-c4ccc(-c5cccc6c5oc5ccccc56)cc4)cc3)cc2)cc1. The van der Waals surface area contributed by atoms with Crippen LogP contribution in [0.3, 0.4) is 0 Å². The van der Waals surface area contributed by atoms with E-state index in [1.165, 1.54) is 83.5 Å². The predicted molar refractivity (Wildman–Crippen MR) is 263 cm³/mol. The zero-order chi connectivity index (χ0) is 41.7. The van der Waals surface area contributed by atoms with E-state index in [1.807, 2.05) is 12.1 Å². The molecule has 0 N–H and O–H groups in total. The van der Waals surface area contributed by atoms with Crippen molar-refractivity contribution in [1.29, 1.82) is 0 Å². The zero-order valence-corrected chi connectivity index (χ0v) is 34.7. The molecule has 1 atom stereocenters. The lowest BCUT2D eigenvalue weighted by atomic mass is 9.83. The van der Waals surface area contributed by atoms with Gasteiger partial charge in [-0.25, -0.2) is 0 Å². The molecular weight excluding hydrogens is 761 g/mol. The second-order valence-corrected chi connectivity index (χ2v) is 16.8. The van der Waals surface area contributed by atoms with Gasteiger partial charge in [-0.1, -0.05) is 231 Å². The van der Waals surface area contributed by atoms with E-state index in [-0.39, 0.29) is 5.92 Å². The Labute approximate surface area is 368 Å². The third kappa shape index (κ3) is 6.67. The minimum atomic E-state index is 0.0660. The lowest BCUT2D eigenvalue weighted by Crippen LogP contribution is -2.03. The van der Waals surface area contributed by atoms with Crippen LogP contribution in [0.15, 0.2) is 241 Å². The van der Waals surface area contributed by atoms with Gasteiger partial charge in [0.05, 0.1) is 0 Å². The first-order valence-electron chi connectivity index (χ1n) is 21.9. The van der Waals surface area contributed by atoms with Crippen LogP contribution in [-0.2, 0) is 6.42 Å². The maximum absolute atomic E-state index is 6.36. The first-order chi connectivity index (χ1) is 31.2. The fourth-order valence-electron chi connectivity index (χ4n) is 9.90. The maximum Gasteiger partial charge on any atom is 0.143 e. The molecule has 0 fully saturated rings. The molecule has 1 aromatic heterocycles. The Balaban J connectivity index is 0.839. The molecule has 0 saturated carbocycles. The number of rotatable bonds is 8. The van der Waals surface area contributed by atoms with E-state index >= 15 is 0 Å². The molecule has 0 aliphatic heterocycles. The Morgan fingerprint density at radius 1 is 0.286 bits per heavy atom. The highest BCUT2D eigenvalue weighted by atomic mass is 16.3. The molecule has 0 spiro atoms. The second-order valence-electron chi connectivity index (χ2n) is 16.8. The van der Waals surface area contributed by atoms with Crippen molar-refractivity contribution in [3.05, 3.63) is 264 Å². The third-order valence-corrected chi connectivity index (χ3v) is 13.2. The Morgan fingerprint density at radius 2 is 0.698 bits per heavy atom. The van der Waals surface area contributed by atoms with Gasteiger partial charge in [0, 0.05) is 22.3 Å². The van der Waals surface area contributed by atoms with E-state index < -0.39 is 0 Å². The highest BCUT2D eigenvalue weighted by Crippen LogP contribution is 2.43. The van der Waals surface area contributed by atoms with Crippen LogP contribution in [0.5, 0.6) is 0 Å². The molecule has 296 valence electrons. The molecule has 1 nitrogen and oxygen atoms in total. The summed E-state index contributed by atoms with van der Waals surface area (Å²) < 4.78 is 6.36. The van der Waals surface area contributed by atoms with Crippen molar-refractivity contribution in [2.75, 3.05) is 0 Å². The Hall–Kier alpha value is -8.00. The van der Waals surface area contributed by atoms with Crippen molar-refractivity contribution in [2.24, 2.45) is 0 Å². The van der Waals surface area contributed by atoms with Crippen molar-refractivity contribution in [3.63, 3.8) is 0 Å². The predicted octanol–water partition coefficient (Wildman–Crippen LogP) is 16.7. The molecule has 12 rings (SSSR count). The van der Waals surface area contributed by atoms with E-state index in [0.29, 0.717) is 0 Å². The van der Waals surface area contributed by atoms with Crippen LogP contribution in [0.1, 0.15) is 33.7 Å². The Morgan fingerprint density at radius 3 is 1.32 bits per heavy atom. The van der Waals surface area contributed by atoms with Crippen LogP contribution in [0.2, 0.25) is 0 Å². The van der Waals surface area contributed by atoms with E-state index in [2.05, 4.69) is 224 Å². The van der Waals surface area contributed by atoms with Gasteiger partial charge in [0.25, 0.3) is 0 Å². The van der Waals surface area contributed by atoms with Gasteiger partial charge in [0.1, 0.15) is 11.2 Å².